The van der Waals surface area contributed by atoms with Crippen LogP contribution in [0.3, 0.4) is 0 Å². The van der Waals surface area contributed by atoms with Gasteiger partial charge in [-0.1, -0.05) is 24.3 Å². The number of imide groups is 1. The summed E-state index contributed by atoms with van der Waals surface area (Å²) in [6, 6.07) is 7.56. The van der Waals surface area contributed by atoms with E-state index in [0.717, 1.165) is 41.7 Å². The molecule has 3 atom stereocenters. The number of amides is 4. The average molecular weight is 355 g/mol. The van der Waals surface area contributed by atoms with Crippen molar-refractivity contribution in [1.82, 2.24) is 15.1 Å². The first-order valence-corrected chi connectivity index (χ1v) is 9.48. The van der Waals surface area contributed by atoms with E-state index in [1.807, 2.05) is 43.0 Å². The van der Waals surface area contributed by atoms with E-state index in [1.165, 1.54) is 0 Å². The minimum absolute atomic E-state index is 0.142. The molecule has 3 unspecified atom stereocenters. The maximum Gasteiger partial charge on any atom is 0.325 e. The van der Waals surface area contributed by atoms with Gasteiger partial charge in [0.25, 0.3) is 5.91 Å². The zero-order valence-electron chi connectivity index (χ0n) is 15.3. The van der Waals surface area contributed by atoms with Crippen molar-refractivity contribution in [2.75, 3.05) is 6.54 Å². The monoisotopic (exact) mass is 355 g/mol. The molecule has 4 rings (SSSR count). The van der Waals surface area contributed by atoms with Crippen LogP contribution in [0.1, 0.15) is 50.7 Å². The van der Waals surface area contributed by atoms with Crippen LogP contribution >= 0.6 is 0 Å². The first kappa shape index (κ1) is 17.1. The number of carbonyl (C=O) groups excluding carboxylic acids is 3. The number of fused-ring (bicyclic) bond motifs is 2. The van der Waals surface area contributed by atoms with Crippen molar-refractivity contribution in [3.05, 3.63) is 35.4 Å². The Morgan fingerprint density at radius 1 is 1.19 bits per heavy atom. The Morgan fingerprint density at radius 2 is 1.88 bits per heavy atom. The third-order valence-electron chi connectivity index (χ3n) is 6.20. The lowest BCUT2D eigenvalue weighted by Crippen LogP contribution is -2.52. The largest absolute Gasteiger partial charge is 0.336 e. The lowest BCUT2D eigenvalue weighted by molar-refractivity contribution is -0.143. The number of nitrogens with one attached hydrogen (secondary N) is 1. The van der Waals surface area contributed by atoms with Gasteiger partial charge in [0.1, 0.15) is 12.1 Å². The van der Waals surface area contributed by atoms with Crippen LogP contribution < -0.4 is 5.32 Å². The molecule has 2 heterocycles. The molecule has 1 N–H and O–H groups in total. The van der Waals surface area contributed by atoms with Gasteiger partial charge in [-0.3, -0.25) is 14.5 Å². The van der Waals surface area contributed by atoms with E-state index >= 15 is 0 Å². The number of urea groups is 1. The quantitative estimate of drug-likeness (QED) is 0.827. The minimum atomic E-state index is -0.993. The molecule has 3 aliphatic rings. The predicted octanol–water partition coefficient (Wildman–Crippen LogP) is 2.17. The summed E-state index contributed by atoms with van der Waals surface area (Å²) in [6.45, 7) is 3.89. The molecule has 6 nitrogen and oxygen atoms in total. The predicted molar refractivity (Wildman–Crippen MR) is 96.3 cm³/mol. The molecule has 1 spiro atoms. The Morgan fingerprint density at radius 3 is 2.62 bits per heavy atom. The lowest BCUT2D eigenvalue weighted by Gasteiger charge is -2.39. The molecule has 2 fully saturated rings. The van der Waals surface area contributed by atoms with E-state index in [1.54, 1.807) is 0 Å². The smallest absolute Gasteiger partial charge is 0.325 e. The number of hydrogen-bond acceptors (Lipinski definition) is 3. The summed E-state index contributed by atoms with van der Waals surface area (Å²) in [7, 11) is 0. The van der Waals surface area contributed by atoms with E-state index in [-0.39, 0.29) is 30.4 Å². The van der Waals surface area contributed by atoms with Crippen molar-refractivity contribution in [3.8, 4) is 0 Å². The molecule has 0 radical (unpaired) electrons. The zero-order chi connectivity index (χ0) is 18.5. The van der Waals surface area contributed by atoms with Crippen molar-refractivity contribution >= 4 is 17.8 Å². The highest BCUT2D eigenvalue weighted by atomic mass is 16.2. The van der Waals surface area contributed by atoms with E-state index in [4.69, 9.17) is 0 Å². The summed E-state index contributed by atoms with van der Waals surface area (Å²) in [5, 5.41) is 2.88. The van der Waals surface area contributed by atoms with Crippen molar-refractivity contribution in [1.29, 1.82) is 0 Å². The number of piperidine rings is 1. The number of likely N-dealkylation sites (tertiary alicyclic amines) is 1. The normalized spacial score (nSPS) is 30.7. The second-order valence-corrected chi connectivity index (χ2v) is 7.81. The highest BCUT2D eigenvalue weighted by molar-refractivity contribution is 6.10. The number of benzene rings is 1. The van der Waals surface area contributed by atoms with Crippen molar-refractivity contribution in [2.24, 2.45) is 0 Å². The number of hydrogen-bond donors (Lipinski definition) is 1. The molecule has 2 saturated heterocycles. The van der Waals surface area contributed by atoms with Crippen LogP contribution in [0.15, 0.2) is 24.3 Å². The van der Waals surface area contributed by atoms with Gasteiger partial charge in [0, 0.05) is 12.1 Å². The minimum Gasteiger partial charge on any atom is -0.336 e. The molecule has 138 valence electrons. The summed E-state index contributed by atoms with van der Waals surface area (Å²) >= 11 is 0. The van der Waals surface area contributed by atoms with Crippen molar-refractivity contribution in [2.45, 2.75) is 63.6 Å². The van der Waals surface area contributed by atoms with Gasteiger partial charge in [-0.15, -0.1) is 0 Å². The van der Waals surface area contributed by atoms with Gasteiger partial charge in [-0.25, -0.2) is 4.79 Å². The first-order chi connectivity index (χ1) is 12.4. The van der Waals surface area contributed by atoms with Crippen LogP contribution in [0.5, 0.6) is 0 Å². The van der Waals surface area contributed by atoms with Crippen molar-refractivity contribution < 1.29 is 14.4 Å². The molecule has 2 aliphatic heterocycles. The van der Waals surface area contributed by atoms with E-state index < -0.39 is 11.6 Å². The Labute approximate surface area is 153 Å². The first-order valence-electron chi connectivity index (χ1n) is 9.48. The number of aryl methyl sites for hydroxylation is 1. The molecule has 6 heteroatoms. The van der Waals surface area contributed by atoms with Gasteiger partial charge in [-0.05, 0) is 57.1 Å². The average Bonchev–Trinajstić information content (AvgIpc) is 3.09. The molecule has 1 aromatic rings. The van der Waals surface area contributed by atoms with Crippen LogP contribution in [0.2, 0.25) is 0 Å². The molecular formula is C20H25N3O3. The van der Waals surface area contributed by atoms with Crippen LogP contribution in [0.25, 0.3) is 0 Å². The summed E-state index contributed by atoms with van der Waals surface area (Å²) in [5.41, 5.74) is 0.966. The number of nitrogens with zero attached hydrogens (tertiary/aromatic N) is 2. The number of carbonyl (C=O) groups is 3. The number of rotatable bonds is 2. The molecule has 26 heavy (non-hydrogen) atoms. The maximum absolute atomic E-state index is 13.2. The highest BCUT2D eigenvalue weighted by Gasteiger charge is 2.55. The zero-order valence-corrected chi connectivity index (χ0v) is 15.3. The van der Waals surface area contributed by atoms with Crippen LogP contribution in [0.4, 0.5) is 4.79 Å². The van der Waals surface area contributed by atoms with Crippen molar-refractivity contribution in [3.63, 3.8) is 0 Å². The molecule has 0 bridgehead atoms. The van der Waals surface area contributed by atoms with E-state index in [0.29, 0.717) is 6.42 Å². The molecule has 1 aliphatic carbocycles. The molecule has 0 aromatic heterocycles. The van der Waals surface area contributed by atoms with Gasteiger partial charge in [0.2, 0.25) is 5.91 Å². The molecular weight excluding hydrogens is 330 g/mol. The van der Waals surface area contributed by atoms with Gasteiger partial charge in [-0.2, -0.15) is 0 Å². The molecule has 4 amide bonds. The third-order valence-corrected chi connectivity index (χ3v) is 6.20. The summed E-state index contributed by atoms with van der Waals surface area (Å²) in [5.74, 6) is -0.436. The van der Waals surface area contributed by atoms with E-state index in [2.05, 4.69) is 5.32 Å². The second-order valence-electron chi connectivity index (χ2n) is 7.81. The van der Waals surface area contributed by atoms with Gasteiger partial charge >= 0.3 is 6.03 Å². The van der Waals surface area contributed by atoms with Gasteiger partial charge in [0.15, 0.2) is 0 Å². The maximum atomic E-state index is 13.2. The lowest BCUT2D eigenvalue weighted by atomic mass is 9.92. The van der Waals surface area contributed by atoms with Gasteiger partial charge in [0.05, 0.1) is 0 Å². The van der Waals surface area contributed by atoms with Crippen LogP contribution in [0, 0.1) is 0 Å². The Bertz CT molecular complexity index is 767. The summed E-state index contributed by atoms with van der Waals surface area (Å²) in [6.07, 6.45) is 4.35. The Hall–Kier alpha value is -2.37. The topological polar surface area (TPSA) is 69.7 Å². The third kappa shape index (κ3) is 2.42. The fraction of sp³-hybridized carbons (Fsp3) is 0.550. The van der Waals surface area contributed by atoms with Crippen LogP contribution in [-0.4, -0.2) is 46.3 Å². The second kappa shape index (κ2) is 6.11. The highest BCUT2D eigenvalue weighted by Crippen LogP contribution is 2.41. The molecule has 0 saturated carbocycles. The summed E-state index contributed by atoms with van der Waals surface area (Å²) in [4.78, 5) is 41.5. The fourth-order valence-electron chi connectivity index (χ4n) is 4.86. The Kier molecular flexibility index (Phi) is 4.01. The van der Waals surface area contributed by atoms with Crippen LogP contribution in [-0.2, 0) is 21.5 Å². The Balaban J connectivity index is 1.57. The standard InChI is InChI=1S/C20H25N3O3/c1-13-6-5-7-14(2)23(13)17(24)12-22-18(25)20(21-19(22)26)11-10-15-8-3-4-9-16(15)20/h3-4,8-9,13-14H,5-7,10-12H2,1-2H3,(H,21,26). The fourth-order valence-corrected chi connectivity index (χ4v) is 4.86. The van der Waals surface area contributed by atoms with E-state index in [9.17, 15) is 14.4 Å². The SMILES string of the molecule is CC1CCCC(C)N1C(=O)CN1C(=O)NC2(CCc3ccccc32)C1=O. The van der Waals surface area contributed by atoms with Gasteiger partial charge < -0.3 is 10.2 Å². The molecule has 1 aromatic carbocycles. The summed E-state index contributed by atoms with van der Waals surface area (Å²) < 4.78 is 0.